The molecular weight excluding hydrogens is 268 g/mol. The van der Waals surface area contributed by atoms with Crippen LogP contribution in [0.2, 0.25) is 0 Å². The van der Waals surface area contributed by atoms with Crippen LogP contribution in [0.25, 0.3) is 0 Å². The van der Waals surface area contributed by atoms with E-state index in [1.165, 1.54) is 0 Å². The minimum atomic E-state index is 0.189. The van der Waals surface area contributed by atoms with Gasteiger partial charge in [-0.25, -0.2) is 0 Å². The van der Waals surface area contributed by atoms with Gasteiger partial charge >= 0.3 is 0 Å². The molecule has 2 rings (SSSR count). The molecule has 0 fully saturated rings. The lowest BCUT2D eigenvalue weighted by Crippen LogP contribution is -2.01. The number of thioether (sulfide) groups is 1. The van der Waals surface area contributed by atoms with Crippen LogP contribution in [0.1, 0.15) is 22.3 Å². The predicted octanol–water partition coefficient (Wildman–Crippen LogP) is 4.20. The van der Waals surface area contributed by atoms with Crippen LogP contribution in [0, 0.1) is 0 Å². The molecular formula is C17H18O2S. The summed E-state index contributed by atoms with van der Waals surface area (Å²) in [5.74, 6) is 1.84. The van der Waals surface area contributed by atoms with Crippen LogP contribution < -0.4 is 4.74 Å². The predicted molar refractivity (Wildman–Crippen MR) is 84.5 cm³/mol. The van der Waals surface area contributed by atoms with Gasteiger partial charge in [-0.3, -0.25) is 4.79 Å². The van der Waals surface area contributed by atoms with E-state index in [-0.39, 0.29) is 5.78 Å². The van der Waals surface area contributed by atoms with Gasteiger partial charge in [-0.05, 0) is 36.1 Å². The molecule has 0 spiro atoms. The summed E-state index contributed by atoms with van der Waals surface area (Å²) in [4.78, 5) is 11.8. The van der Waals surface area contributed by atoms with Crippen LogP contribution in [0.3, 0.4) is 0 Å². The van der Waals surface area contributed by atoms with Crippen molar-refractivity contribution >= 4 is 17.5 Å². The third-order valence-electron chi connectivity index (χ3n) is 2.96. The van der Waals surface area contributed by atoms with Crippen LogP contribution in [0.15, 0.2) is 54.6 Å². The highest BCUT2D eigenvalue weighted by Crippen LogP contribution is 2.15. The van der Waals surface area contributed by atoms with E-state index in [4.69, 9.17) is 4.74 Å². The van der Waals surface area contributed by atoms with Gasteiger partial charge in [-0.15, -0.1) is 0 Å². The average Bonchev–Trinajstić information content (AvgIpc) is 2.52. The van der Waals surface area contributed by atoms with Gasteiger partial charge < -0.3 is 4.74 Å². The normalized spacial score (nSPS) is 10.2. The molecule has 0 atom stereocenters. The van der Waals surface area contributed by atoms with Gasteiger partial charge in [-0.2, -0.15) is 11.8 Å². The summed E-state index contributed by atoms with van der Waals surface area (Å²) in [7, 11) is 0. The SMILES string of the molecule is CSCCC(=O)c1ccc(OCc2ccccc2)cc1. The zero-order chi connectivity index (χ0) is 14.2. The Morgan fingerprint density at radius 3 is 2.40 bits per heavy atom. The molecule has 3 heteroatoms. The first-order valence-electron chi connectivity index (χ1n) is 6.58. The van der Waals surface area contributed by atoms with Crippen molar-refractivity contribution in [2.24, 2.45) is 0 Å². The van der Waals surface area contributed by atoms with Gasteiger partial charge in [-0.1, -0.05) is 30.3 Å². The highest BCUT2D eigenvalue weighted by Gasteiger charge is 2.05. The molecule has 0 radical (unpaired) electrons. The smallest absolute Gasteiger partial charge is 0.163 e. The Balaban J connectivity index is 1.90. The van der Waals surface area contributed by atoms with Crippen molar-refractivity contribution in [2.45, 2.75) is 13.0 Å². The number of benzene rings is 2. The topological polar surface area (TPSA) is 26.3 Å². The zero-order valence-corrected chi connectivity index (χ0v) is 12.4. The maximum atomic E-state index is 11.8. The molecule has 0 amide bonds. The largest absolute Gasteiger partial charge is 0.489 e. The van der Waals surface area contributed by atoms with E-state index in [9.17, 15) is 4.79 Å². The summed E-state index contributed by atoms with van der Waals surface area (Å²) < 4.78 is 5.69. The van der Waals surface area contributed by atoms with Crippen molar-refractivity contribution in [3.05, 3.63) is 65.7 Å². The van der Waals surface area contributed by atoms with Crippen molar-refractivity contribution in [3.8, 4) is 5.75 Å². The van der Waals surface area contributed by atoms with Crippen LogP contribution in [-0.2, 0) is 6.61 Å². The number of hydrogen-bond acceptors (Lipinski definition) is 3. The van der Waals surface area contributed by atoms with Crippen molar-refractivity contribution < 1.29 is 9.53 Å². The molecule has 2 aromatic carbocycles. The first-order chi connectivity index (χ1) is 9.79. The molecule has 20 heavy (non-hydrogen) atoms. The maximum Gasteiger partial charge on any atom is 0.163 e. The number of Topliss-reactive ketones (excluding diaryl/α,β-unsaturated/α-hetero) is 1. The van der Waals surface area contributed by atoms with Crippen LogP contribution in [0.5, 0.6) is 5.75 Å². The van der Waals surface area contributed by atoms with E-state index >= 15 is 0 Å². The highest BCUT2D eigenvalue weighted by atomic mass is 32.2. The fourth-order valence-corrected chi connectivity index (χ4v) is 2.21. The van der Waals surface area contributed by atoms with Crippen LogP contribution in [0.4, 0.5) is 0 Å². The van der Waals surface area contributed by atoms with E-state index in [0.717, 1.165) is 22.6 Å². The summed E-state index contributed by atoms with van der Waals surface area (Å²) in [5, 5.41) is 0. The first kappa shape index (κ1) is 14.7. The van der Waals surface area contributed by atoms with Gasteiger partial charge in [0.15, 0.2) is 5.78 Å². The fourth-order valence-electron chi connectivity index (χ4n) is 1.82. The average molecular weight is 286 g/mol. The molecule has 2 aromatic rings. The van der Waals surface area contributed by atoms with Crippen molar-refractivity contribution in [1.82, 2.24) is 0 Å². The number of ketones is 1. The van der Waals surface area contributed by atoms with E-state index in [1.54, 1.807) is 11.8 Å². The van der Waals surface area contributed by atoms with Gasteiger partial charge in [0.2, 0.25) is 0 Å². The summed E-state index contributed by atoms with van der Waals surface area (Å²) in [5.41, 5.74) is 1.89. The maximum absolute atomic E-state index is 11.8. The molecule has 0 heterocycles. The summed E-state index contributed by atoms with van der Waals surface area (Å²) in [6.07, 6.45) is 2.60. The Hall–Kier alpha value is -1.74. The number of hydrogen-bond donors (Lipinski definition) is 0. The van der Waals surface area contributed by atoms with Gasteiger partial charge in [0.1, 0.15) is 12.4 Å². The molecule has 0 aliphatic heterocycles. The third-order valence-corrected chi connectivity index (χ3v) is 3.57. The Kier molecular flexibility index (Phi) is 5.69. The standard InChI is InChI=1S/C17H18O2S/c1-20-12-11-17(18)15-7-9-16(10-8-15)19-13-14-5-3-2-4-6-14/h2-10H,11-13H2,1H3. The van der Waals surface area contributed by atoms with E-state index < -0.39 is 0 Å². The minimum absolute atomic E-state index is 0.189. The summed E-state index contributed by atoms with van der Waals surface area (Å²) in [6.45, 7) is 0.542. The van der Waals surface area contributed by atoms with E-state index in [1.807, 2.05) is 60.9 Å². The molecule has 0 saturated carbocycles. The van der Waals surface area contributed by atoms with Crippen molar-refractivity contribution in [3.63, 3.8) is 0 Å². The lowest BCUT2D eigenvalue weighted by molar-refractivity contribution is 0.0989. The van der Waals surface area contributed by atoms with Crippen molar-refractivity contribution in [1.29, 1.82) is 0 Å². The van der Waals surface area contributed by atoms with Crippen LogP contribution in [-0.4, -0.2) is 17.8 Å². The first-order valence-corrected chi connectivity index (χ1v) is 7.98. The molecule has 0 aromatic heterocycles. The van der Waals surface area contributed by atoms with E-state index in [0.29, 0.717) is 13.0 Å². The number of ether oxygens (including phenoxy) is 1. The molecule has 0 N–H and O–H groups in total. The summed E-state index contributed by atoms with van der Waals surface area (Å²) >= 11 is 1.69. The highest BCUT2D eigenvalue weighted by molar-refractivity contribution is 7.98. The second-order valence-corrected chi connectivity index (χ2v) is 5.45. The molecule has 0 aliphatic carbocycles. The second kappa shape index (κ2) is 7.75. The quantitative estimate of drug-likeness (QED) is 0.713. The van der Waals surface area contributed by atoms with Crippen LogP contribution >= 0.6 is 11.8 Å². The van der Waals surface area contributed by atoms with Crippen molar-refractivity contribution in [2.75, 3.05) is 12.0 Å². The monoisotopic (exact) mass is 286 g/mol. The zero-order valence-electron chi connectivity index (χ0n) is 11.5. The number of rotatable bonds is 7. The molecule has 104 valence electrons. The summed E-state index contributed by atoms with van der Waals surface area (Å²) in [6, 6.07) is 17.4. The fraction of sp³-hybridized carbons (Fsp3) is 0.235. The van der Waals surface area contributed by atoms with Gasteiger partial charge in [0, 0.05) is 17.7 Å². The van der Waals surface area contributed by atoms with Gasteiger partial charge in [0.05, 0.1) is 0 Å². The number of carbonyl (C=O) groups excluding carboxylic acids is 1. The Bertz CT molecular complexity index is 535. The molecule has 0 aliphatic rings. The lowest BCUT2D eigenvalue weighted by atomic mass is 10.1. The molecule has 0 unspecified atom stereocenters. The Morgan fingerprint density at radius 1 is 1.05 bits per heavy atom. The molecule has 0 bridgehead atoms. The Morgan fingerprint density at radius 2 is 1.75 bits per heavy atom. The Labute approximate surface area is 124 Å². The molecule has 0 saturated heterocycles. The third kappa shape index (κ3) is 4.42. The second-order valence-electron chi connectivity index (χ2n) is 4.46. The molecule has 2 nitrogen and oxygen atoms in total. The number of carbonyl (C=O) groups is 1. The van der Waals surface area contributed by atoms with E-state index in [2.05, 4.69) is 0 Å². The minimum Gasteiger partial charge on any atom is -0.489 e. The lowest BCUT2D eigenvalue weighted by Gasteiger charge is -2.07. The van der Waals surface area contributed by atoms with Gasteiger partial charge in [0.25, 0.3) is 0 Å².